The second-order valence-electron chi connectivity index (χ2n) is 25.5. The van der Waals surface area contributed by atoms with Crippen LogP contribution in [0.15, 0.2) is 139 Å². The van der Waals surface area contributed by atoms with Crippen LogP contribution in [0.5, 0.6) is 5.75 Å². The van der Waals surface area contributed by atoms with Crippen molar-refractivity contribution >= 4 is 57.4 Å². The Bertz CT molecular complexity index is 4250. The topological polar surface area (TPSA) is 221 Å². The summed E-state index contributed by atoms with van der Waals surface area (Å²) in [6.45, 7) is 10.8. The molecule has 1 unspecified atom stereocenters. The number of benzene rings is 5. The fourth-order valence-corrected chi connectivity index (χ4v) is 14.1. The van der Waals surface area contributed by atoms with Crippen LogP contribution in [0.3, 0.4) is 0 Å². The van der Waals surface area contributed by atoms with Gasteiger partial charge >= 0.3 is 12.1 Å². The third-order valence-electron chi connectivity index (χ3n) is 19.5. The second kappa shape index (κ2) is 27.9. The second-order valence-corrected chi connectivity index (χ2v) is 25.5. The fraction of sp³-hybridized carbons (Fsp3) is 0.392. The predicted octanol–water partition coefficient (Wildman–Crippen LogP) is 9.42. The summed E-state index contributed by atoms with van der Waals surface area (Å²) < 4.78 is 27.3. The number of aryl methyl sites for hydroxylation is 1. The summed E-state index contributed by atoms with van der Waals surface area (Å²) in [4.78, 5) is 86.8. The molecule has 8 aromatic rings. The summed E-state index contributed by atoms with van der Waals surface area (Å²) in [5, 5.41) is 13.8. The molecule has 1 saturated carbocycles. The number of nitrogens with one attached hydrogen (secondary N) is 4. The molecule has 492 valence electrons. The summed E-state index contributed by atoms with van der Waals surface area (Å²) in [6.07, 6.45) is 8.61. The van der Waals surface area contributed by atoms with Gasteiger partial charge in [0.05, 0.1) is 43.3 Å². The van der Waals surface area contributed by atoms with Crippen LogP contribution in [0.4, 0.5) is 21.2 Å². The van der Waals surface area contributed by atoms with E-state index in [1.807, 2.05) is 98.9 Å². The van der Waals surface area contributed by atoms with Crippen LogP contribution >= 0.6 is 0 Å². The van der Waals surface area contributed by atoms with Crippen molar-refractivity contribution in [2.75, 3.05) is 95.8 Å². The quantitative estimate of drug-likeness (QED) is 0.0215. The molecule has 13 rings (SSSR count). The lowest BCUT2D eigenvalue weighted by molar-refractivity contribution is -0.130. The molecule has 5 aliphatic rings. The number of ether oxygens (including phenoxy) is 4. The molecule has 2 aliphatic carbocycles. The van der Waals surface area contributed by atoms with E-state index in [1.165, 1.54) is 9.91 Å². The molecule has 3 aromatic heterocycles. The zero-order valence-electron chi connectivity index (χ0n) is 54.6. The largest absolute Gasteiger partial charge is 0.495 e. The fourth-order valence-electron chi connectivity index (χ4n) is 14.1. The number of hydrogen-bond acceptors (Lipinski definition) is 15. The number of likely N-dealkylation sites (tertiary alicyclic amines) is 1. The number of rotatable bonds is 22. The van der Waals surface area contributed by atoms with Gasteiger partial charge in [0.25, 0.3) is 5.56 Å². The molecule has 21 heteroatoms. The van der Waals surface area contributed by atoms with E-state index in [-0.39, 0.29) is 68.5 Å². The van der Waals surface area contributed by atoms with Crippen molar-refractivity contribution in [1.29, 1.82) is 0 Å². The van der Waals surface area contributed by atoms with E-state index in [1.54, 1.807) is 36.0 Å². The van der Waals surface area contributed by atoms with Gasteiger partial charge in [-0.2, -0.15) is 0 Å². The van der Waals surface area contributed by atoms with Crippen LogP contribution in [-0.4, -0.2) is 162 Å². The Hall–Kier alpha value is -9.43. The average Bonchev–Trinajstić information content (AvgIpc) is 1.54. The van der Waals surface area contributed by atoms with Gasteiger partial charge in [-0.1, -0.05) is 111 Å². The number of anilines is 2. The first-order valence-electron chi connectivity index (χ1n) is 33.2. The minimum absolute atomic E-state index is 0.0382. The molecule has 0 radical (unpaired) electrons. The molecule has 4 N–H and O–H groups in total. The number of fused-ring (bicyclic) bond motifs is 5. The van der Waals surface area contributed by atoms with E-state index in [9.17, 15) is 24.0 Å². The first-order chi connectivity index (χ1) is 46.2. The van der Waals surface area contributed by atoms with Gasteiger partial charge in [0.1, 0.15) is 31.1 Å². The first kappa shape index (κ1) is 64.3. The highest BCUT2D eigenvalue weighted by molar-refractivity contribution is 6.06. The smallest absolute Gasteiger partial charge is 0.424 e. The van der Waals surface area contributed by atoms with Crippen LogP contribution in [-0.2, 0) is 36.4 Å². The van der Waals surface area contributed by atoms with Crippen molar-refractivity contribution in [2.24, 2.45) is 7.05 Å². The van der Waals surface area contributed by atoms with Crippen molar-refractivity contribution in [3.8, 4) is 39.8 Å². The number of carbonyl (C=O) groups excluding carboxylic acids is 4. The highest BCUT2D eigenvalue weighted by Gasteiger charge is 2.45. The summed E-state index contributed by atoms with van der Waals surface area (Å²) in [5.74, 6) is 6.81. The minimum Gasteiger partial charge on any atom is -0.495 e. The van der Waals surface area contributed by atoms with Gasteiger partial charge in [0.15, 0.2) is 5.60 Å². The third-order valence-corrected chi connectivity index (χ3v) is 19.5. The van der Waals surface area contributed by atoms with E-state index in [2.05, 4.69) is 85.9 Å². The van der Waals surface area contributed by atoms with Gasteiger partial charge in [0, 0.05) is 111 Å². The first-order valence-corrected chi connectivity index (χ1v) is 33.2. The van der Waals surface area contributed by atoms with E-state index in [4.69, 9.17) is 28.9 Å². The highest BCUT2D eigenvalue weighted by atomic mass is 16.6. The molecule has 3 saturated heterocycles. The summed E-state index contributed by atoms with van der Waals surface area (Å²) in [5.41, 5.74) is 8.63. The van der Waals surface area contributed by atoms with Crippen molar-refractivity contribution in [3.05, 3.63) is 172 Å². The molecule has 5 aromatic carbocycles. The Morgan fingerprint density at radius 2 is 1.54 bits per heavy atom. The monoisotopic (exact) mass is 1280 g/mol. The van der Waals surface area contributed by atoms with E-state index in [0.29, 0.717) is 54.3 Å². The van der Waals surface area contributed by atoms with Gasteiger partial charge < -0.3 is 48.9 Å². The van der Waals surface area contributed by atoms with Gasteiger partial charge in [-0.25, -0.2) is 29.6 Å². The van der Waals surface area contributed by atoms with Crippen molar-refractivity contribution in [3.63, 3.8) is 0 Å². The molecule has 0 spiro atoms. The molecule has 21 nitrogen and oxygen atoms in total. The number of piperidine rings is 2. The van der Waals surface area contributed by atoms with Crippen LogP contribution in [0.2, 0.25) is 0 Å². The van der Waals surface area contributed by atoms with Gasteiger partial charge in [0.2, 0.25) is 17.8 Å². The summed E-state index contributed by atoms with van der Waals surface area (Å²) in [6, 6.07) is 39.9. The zero-order chi connectivity index (χ0) is 65.8. The molecule has 0 bridgehead atoms. The lowest BCUT2D eigenvalue weighted by Crippen LogP contribution is -2.55. The number of methoxy groups -OCH3 is 1. The molecule has 1 atom stereocenters. The highest BCUT2D eigenvalue weighted by Crippen LogP contribution is 2.46. The Balaban J connectivity index is 0.723. The molecule has 4 fully saturated rings. The molecule has 6 heterocycles. The number of H-pyrrole nitrogens is 1. The Morgan fingerprint density at radius 3 is 2.24 bits per heavy atom. The standard InChI is InChI=1S/C74H82N12O9/c1-6-84(7-2)86(72(91)94-46-61-56-21-13-11-19-54(56)55-20-12-14-22-57(55)61)45-66(88)76-48-93-47-74(95-53-25-26-53,51-17-9-8-10-18-51)68-59-43-50(60-44-81(4)69(89)67-58(60)29-36-75-67)24-27-62(59)78-70(80-68)83-37-30-52(31-38-83)82-40-33-73(3,34-41-82)77-35-15-16-49-23-28-64(92-5)63(42-49)85-39-32-65(87)79-71(85)90/h8-14,17-24,27-29,36,42-44,52-53,61,75,77H,6-7,25-26,30-35,37-41,45-48H2,1-5H3,(H,76,88)(H,79,87,90). The Morgan fingerprint density at radius 1 is 0.811 bits per heavy atom. The molecular formula is C74H82N12O9. The Kier molecular flexibility index (Phi) is 18.9. The number of hydrogen-bond donors (Lipinski definition) is 4. The van der Waals surface area contributed by atoms with Crippen LogP contribution in [0.25, 0.3) is 44.1 Å². The number of pyridine rings is 1. The molecule has 5 amide bonds. The number of hydrazine groups is 1. The van der Waals surface area contributed by atoms with Gasteiger partial charge in [-0.3, -0.25) is 24.6 Å². The number of nitrogens with zero attached hydrogens (tertiary/aromatic N) is 8. The number of aromatic amines is 1. The van der Waals surface area contributed by atoms with Crippen molar-refractivity contribution in [2.45, 2.75) is 94.9 Å². The third kappa shape index (κ3) is 13.5. The van der Waals surface area contributed by atoms with Crippen LogP contribution < -0.4 is 36.0 Å². The lowest BCUT2D eigenvalue weighted by Gasteiger charge is -2.45. The normalized spacial score (nSPS) is 17.2. The zero-order valence-corrected chi connectivity index (χ0v) is 54.6. The SMILES string of the molecule is CCN(CC)N(CC(=O)NCOCC(OC1CC1)(c1ccccc1)c1nc(N2CCC(N3CCC(C)(NCC#Cc4ccc(OC)c(N5CCC(=O)NC5=O)c4)CC3)CC2)nc2ccc(-c3cn(C)c(=O)c4[nH]ccc34)cc12)C(=O)OCC1c2ccccc2-c2ccccc21. The lowest BCUT2D eigenvalue weighted by atomic mass is 9.87. The maximum Gasteiger partial charge on any atom is 0.424 e. The van der Waals surface area contributed by atoms with Gasteiger partial charge in [-0.05, 0) is 115 Å². The maximum atomic E-state index is 14.2. The van der Waals surface area contributed by atoms with E-state index >= 15 is 0 Å². The van der Waals surface area contributed by atoms with Crippen molar-refractivity contribution in [1.82, 2.24) is 50.4 Å². The number of imide groups is 1. The minimum atomic E-state index is -1.31. The maximum absolute atomic E-state index is 14.2. The number of aromatic nitrogens is 4. The molecule has 95 heavy (non-hydrogen) atoms. The molecular weight excluding hydrogens is 1200 g/mol. The van der Waals surface area contributed by atoms with Crippen LogP contribution in [0, 0.1) is 11.8 Å². The van der Waals surface area contributed by atoms with Crippen LogP contribution in [0.1, 0.15) is 99.6 Å². The predicted molar refractivity (Wildman–Crippen MR) is 365 cm³/mol. The molecule has 3 aliphatic heterocycles. The average molecular weight is 1280 g/mol. The number of carbonyl (C=O) groups is 4. The number of urea groups is 1. The van der Waals surface area contributed by atoms with E-state index < -0.39 is 23.6 Å². The summed E-state index contributed by atoms with van der Waals surface area (Å²) >= 11 is 0. The van der Waals surface area contributed by atoms with Crippen molar-refractivity contribution < 1.29 is 38.1 Å². The Labute approximate surface area is 553 Å². The number of amides is 5. The van der Waals surface area contributed by atoms with Gasteiger partial charge in [-0.15, -0.1) is 0 Å². The van der Waals surface area contributed by atoms with E-state index in [0.717, 1.165) is 126 Å². The summed E-state index contributed by atoms with van der Waals surface area (Å²) in [7, 11) is 3.31.